The van der Waals surface area contributed by atoms with Crippen LogP contribution in [0, 0.1) is 6.92 Å². The minimum atomic E-state index is 0.00535. The van der Waals surface area contributed by atoms with Crippen molar-refractivity contribution < 1.29 is 9.53 Å². The first-order chi connectivity index (χ1) is 11.7. The molecule has 0 N–H and O–H groups in total. The molecule has 2 aromatic rings. The second-order valence-electron chi connectivity index (χ2n) is 6.04. The summed E-state index contributed by atoms with van der Waals surface area (Å²) in [6, 6.07) is 9.70. The summed E-state index contributed by atoms with van der Waals surface area (Å²) < 4.78 is 5.77. The van der Waals surface area contributed by atoms with Crippen molar-refractivity contribution in [2.24, 2.45) is 0 Å². The van der Waals surface area contributed by atoms with Crippen LogP contribution in [0.1, 0.15) is 42.9 Å². The molecule has 24 heavy (non-hydrogen) atoms. The second kappa shape index (κ2) is 7.43. The molecule has 1 amide bonds. The number of rotatable bonds is 5. The molecule has 3 rings (SSSR count). The fraction of sp³-hybridized carbons (Fsp3) is 0.421. The van der Waals surface area contributed by atoms with E-state index < -0.39 is 0 Å². The lowest BCUT2D eigenvalue weighted by Crippen LogP contribution is -2.34. The van der Waals surface area contributed by atoms with Crippen molar-refractivity contribution >= 4 is 5.91 Å². The van der Waals surface area contributed by atoms with Gasteiger partial charge < -0.3 is 9.64 Å². The van der Waals surface area contributed by atoms with Crippen LogP contribution in [0.2, 0.25) is 0 Å². The van der Waals surface area contributed by atoms with Crippen LogP contribution in [0.25, 0.3) is 0 Å². The predicted octanol–water partition coefficient (Wildman–Crippen LogP) is 3.09. The van der Waals surface area contributed by atoms with Gasteiger partial charge in [-0.05, 0) is 50.5 Å². The third-order valence-electron chi connectivity index (χ3n) is 4.36. The van der Waals surface area contributed by atoms with Crippen molar-refractivity contribution in [3.8, 4) is 5.75 Å². The highest BCUT2D eigenvalue weighted by Crippen LogP contribution is 2.30. The minimum Gasteiger partial charge on any atom is -0.482 e. The molecule has 5 nitrogen and oxygen atoms in total. The molecule has 0 aromatic carbocycles. The molecule has 0 bridgehead atoms. The molecule has 126 valence electrons. The fourth-order valence-electron chi connectivity index (χ4n) is 3.15. The van der Waals surface area contributed by atoms with E-state index in [1.54, 1.807) is 6.20 Å². The van der Waals surface area contributed by atoms with Crippen LogP contribution in [0.3, 0.4) is 0 Å². The van der Waals surface area contributed by atoms with Crippen LogP contribution in [-0.4, -0.2) is 33.9 Å². The third kappa shape index (κ3) is 3.55. The molecule has 1 fully saturated rings. The summed E-state index contributed by atoms with van der Waals surface area (Å²) in [5, 5.41) is 0. The molecular formula is C19H23N3O2. The third-order valence-corrected chi connectivity index (χ3v) is 4.36. The Labute approximate surface area is 142 Å². The van der Waals surface area contributed by atoms with Crippen molar-refractivity contribution in [1.82, 2.24) is 14.9 Å². The molecular weight excluding hydrogens is 302 g/mol. The molecule has 2 aromatic heterocycles. The van der Waals surface area contributed by atoms with Crippen LogP contribution in [0.15, 0.2) is 36.5 Å². The van der Waals surface area contributed by atoms with Crippen LogP contribution < -0.4 is 4.74 Å². The predicted molar refractivity (Wildman–Crippen MR) is 91.8 cm³/mol. The molecule has 3 heterocycles. The zero-order valence-electron chi connectivity index (χ0n) is 14.2. The van der Waals surface area contributed by atoms with E-state index in [9.17, 15) is 4.79 Å². The number of ether oxygens (including phenoxy) is 1. The molecule has 1 saturated heterocycles. The van der Waals surface area contributed by atoms with Gasteiger partial charge in [0.05, 0.1) is 17.4 Å². The van der Waals surface area contributed by atoms with Crippen molar-refractivity contribution in [2.45, 2.75) is 39.2 Å². The Balaban J connectivity index is 1.67. The first kappa shape index (κ1) is 16.4. The lowest BCUT2D eigenvalue weighted by Gasteiger charge is -2.24. The van der Waals surface area contributed by atoms with Crippen molar-refractivity contribution in [3.05, 3.63) is 53.6 Å². The number of amides is 1. The maximum Gasteiger partial charge on any atom is 0.261 e. The standard InChI is InChI=1S/C19H23N3O2/c1-3-15-18(10-9-14(2)21-15)24-13-19(23)22-12-6-8-17(22)16-7-4-5-11-20-16/h4-5,7,9-11,17H,3,6,8,12-13H2,1-2H3/t17-/m0/s1. The number of nitrogens with zero attached hydrogens (tertiary/aromatic N) is 3. The van der Waals surface area contributed by atoms with Crippen LogP contribution in [0.4, 0.5) is 0 Å². The summed E-state index contributed by atoms with van der Waals surface area (Å²) in [5.41, 5.74) is 2.81. The zero-order chi connectivity index (χ0) is 16.9. The first-order valence-electron chi connectivity index (χ1n) is 8.48. The van der Waals surface area contributed by atoms with Crippen molar-refractivity contribution in [1.29, 1.82) is 0 Å². The Morgan fingerprint density at radius 1 is 1.33 bits per heavy atom. The number of aryl methyl sites for hydroxylation is 2. The van der Waals surface area contributed by atoms with E-state index in [1.807, 2.05) is 49.1 Å². The van der Waals surface area contributed by atoms with Gasteiger partial charge in [-0.25, -0.2) is 0 Å². The molecule has 1 aliphatic heterocycles. The minimum absolute atomic E-state index is 0.00535. The van der Waals surface area contributed by atoms with Crippen LogP contribution in [-0.2, 0) is 11.2 Å². The van der Waals surface area contributed by atoms with Crippen LogP contribution >= 0.6 is 0 Å². The highest BCUT2D eigenvalue weighted by Gasteiger charge is 2.30. The monoisotopic (exact) mass is 325 g/mol. The summed E-state index contributed by atoms with van der Waals surface area (Å²) in [7, 11) is 0. The average molecular weight is 325 g/mol. The van der Waals surface area contributed by atoms with Crippen molar-refractivity contribution in [2.75, 3.05) is 13.2 Å². The number of hydrogen-bond donors (Lipinski definition) is 0. The van der Waals surface area contributed by atoms with Crippen LogP contribution in [0.5, 0.6) is 5.75 Å². The number of carbonyl (C=O) groups excluding carboxylic acids is 1. The van der Waals surface area contributed by atoms with E-state index in [0.717, 1.165) is 42.9 Å². The Morgan fingerprint density at radius 3 is 2.96 bits per heavy atom. The number of carbonyl (C=O) groups is 1. The number of likely N-dealkylation sites (tertiary alicyclic amines) is 1. The molecule has 0 aliphatic carbocycles. The van der Waals surface area contributed by atoms with Gasteiger partial charge in [-0.2, -0.15) is 0 Å². The Morgan fingerprint density at radius 2 is 2.21 bits per heavy atom. The molecule has 0 radical (unpaired) electrons. The number of pyridine rings is 2. The van der Waals surface area contributed by atoms with Gasteiger partial charge in [0, 0.05) is 18.4 Å². The SMILES string of the molecule is CCc1nc(C)ccc1OCC(=O)N1CCC[C@H]1c1ccccn1. The van der Waals surface area contributed by atoms with E-state index in [0.29, 0.717) is 5.75 Å². The molecule has 1 aliphatic rings. The second-order valence-corrected chi connectivity index (χ2v) is 6.04. The Bertz CT molecular complexity index is 703. The maximum atomic E-state index is 12.6. The van der Waals surface area contributed by atoms with E-state index in [4.69, 9.17) is 4.74 Å². The summed E-state index contributed by atoms with van der Waals surface area (Å²) in [6.45, 7) is 4.79. The van der Waals surface area contributed by atoms with Gasteiger partial charge in [0.1, 0.15) is 5.75 Å². The van der Waals surface area contributed by atoms with Crippen molar-refractivity contribution in [3.63, 3.8) is 0 Å². The number of hydrogen-bond acceptors (Lipinski definition) is 4. The van der Waals surface area contributed by atoms with Gasteiger partial charge in [-0.1, -0.05) is 13.0 Å². The lowest BCUT2D eigenvalue weighted by molar-refractivity contribution is -0.134. The zero-order valence-corrected chi connectivity index (χ0v) is 14.2. The van der Waals surface area contributed by atoms with E-state index in [2.05, 4.69) is 9.97 Å². The molecule has 0 spiro atoms. The van der Waals surface area contributed by atoms with E-state index in [1.165, 1.54) is 0 Å². The molecule has 5 heteroatoms. The largest absolute Gasteiger partial charge is 0.482 e. The summed E-state index contributed by atoms with van der Waals surface area (Å²) in [4.78, 5) is 23.4. The molecule has 0 unspecified atom stereocenters. The normalized spacial score (nSPS) is 17.1. The topological polar surface area (TPSA) is 55.3 Å². The Hall–Kier alpha value is -2.43. The Kier molecular flexibility index (Phi) is 5.08. The highest BCUT2D eigenvalue weighted by atomic mass is 16.5. The average Bonchev–Trinajstić information content (AvgIpc) is 3.11. The van der Waals surface area contributed by atoms with Gasteiger partial charge in [0.15, 0.2) is 6.61 Å². The first-order valence-corrected chi connectivity index (χ1v) is 8.48. The highest BCUT2D eigenvalue weighted by molar-refractivity contribution is 5.78. The summed E-state index contributed by atoms with van der Waals surface area (Å²) >= 11 is 0. The van der Waals surface area contributed by atoms with E-state index in [-0.39, 0.29) is 18.6 Å². The maximum absolute atomic E-state index is 12.6. The van der Waals surface area contributed by atoms with Gasteiger partial charge in [0.2, 0.25) is 0 Å². The molecule has 0 saturated carbocycles. The molecule has 1 atom stereocenters. The van der Waals surface area contributed by atoms with E-state index >= 15 is 0 Å². The number of aromatic nitrogens is 2. The van der Waals surface area contributed by atoms with Gasteiger partial charge in [-0.15, -0.1) is 0 Å². The lowest BCUT2D eigenvalue weighted by atomic mass is 10.1. The summed E-state index contributed by atoms with van der Waals surface area (Å²) in [6.07, 6.45) is 4.51. The fourth-order valence-corrected chi connectivity index (χ4v) is 3.15. The van der Waals surface area contributed by atoms with Gasteiger partial charge in [0.25, 0.3) is 5.91 Å². The smallest absolute Gasteiger partial charge is 0.261 e. The quantitative estimate of drug-likeness (QED) is 0.848. The summed E-state index contributed by atoms with van der Waals surface area (Å²) in [5.74, 6) is 0.704. The van der Waals surface area contributed by atoms with Gasteiger partial charge >= 0.3 is 0 Å². The van der Waals surface area contributed by atoms with Gasteiger partial charge in [-0.3, -0.25) is 14.8 Å².